The molecular formula is C10H13N7O. The Bertz CT molecular complexity index is 493. The van der Waals surface area contributed by atoms with Crippen LogP contribution in [0, 0.1) is 0 Å². The van der Waals surface area contributed by atoms with Crippen molar-refractivity contribution in [3.05, 3.63) is 30.0 Å². The normalized spacial score (nSPS) is 10.1. The average Bonchev–Trinajstić information content (AvgIpc) is 2.90. The molecule has 3 N–H and O–H groups in total. The van der Waals surface area contributed by atoms with E-state index in [9.17, 15) is 4.79 Å². The molecule has 1 amide bonds. The molecule has 0 aliphatic carbocycles. The van der Waals surface area contributed by atoms with Gasteiger partial charge in [-0.25, -0.2) is 4.98 Å². The molecular weight excluding hydrogens is 234 g/mol. The van der Waals surface area contributed by atoms with Crippen LogP contribution in [0.25, 0.3) is 0 Å². The van der Waals surface area contributed by atoms with Crippen LogP contribution in [-0.2, 0) is 6.54 Å². The molecule has 0 aliphatic heterocycles. The van der Waals surface area contributed by atoms with E-state index < -0.39 is 0 Å². The molecule has 94 valence electrons. The van der Waals surface area contributed by atoms with Crippen LogP contribution in [0.5, 0.6) is 0 Å². The molecule has 0 atom stereocenters. The van der Waals surface area contributed by atoms with Gasteiger partial charge in [0.05, 0.1) is 6.54 Å². The van der Waals surface area contributed by atoms with E-state index in [2.05, 4.69) is 36.0 Å². The lowest BCUT2D eigenvalue weighted by atomic mass is 10.3. The Hall–Kier alpha value is -2.51. The fraction of sp³-hybridized carbons (Fsp3) is 0.300. The third-order valence-electron chi connectivity index (χ3n) is 2.14. The lowest BCUT2D eigenvalue weighted by Crippen LogP contribution is -2.24. The number of carbonyl (C=O) groups excluding carboxylic acids is 1. The summed E-state index contributed by atoms with van der Waals surface area (Å²) in [6.45, 7) is 2.99. The van der Waals surface area contributed by atoms with Crippen LogP contribution in [0.2, 0.25) is 0 Å². The highest BCUT2D eigenvalue weighted by atomic mass is 16.1. The molecule has 2 aromatic heterocycles. The zero-order valence-electron chi connectivity index (χ0n) is 9.84. The van der Waals surface area contributed by atoms with Crippen molar-refractivity contribution in [2.75, 3.05) is 11.9 Å². The molecule has 0 aliphatic rings. The minimum Gasteiger partial charge on any atom is -0.369 e. The average molecular weight is 247 g/mol. The highest BCUT2D eigenvalue weighted by Crippen LogP contribution is 2.01. The van der Waals surface area contributed by atoms with Gasteiger partial charge >= 0.3 is 0 Å². The number of amides is 1. The molecule has 0 radical (unpaired) electrons. The molecule has 0 saturated carbocycles. The van der Waals surface area contributed by atoms with Crippen LogP contribution in [0.3, 0.4) is 0 Å². The van der Waals surface area contributed by atoms with E-state index in [1.165, 1.54) is 6.33 Å². The van der Waals surface area contributed by atoms with E-state index in [0.717, 1.165) is 6.54 Å². The SMILES string of the molecule is CCNc1ccc(C(=O)NCc2ncn[nH]2)nn1. The third kappa shape index (κ3) is 3.00. The maximum atomic E-state index is 11.7. The first-order chi connectivity index (χ1) is 8.79. The zero-order valence-corrected chi connectivity index (χ0v) is 9.84. The first-order valence-electron chi connectivity index (χ1n) is 5.49. The maximum absolute atomic E-state index is 11.7. The molecule has 0 fully saturated rings. The number of hydrogen-bond donors (Lipinski definition) is 3. The second-order valence-electron chi connectivity index (χ2n) is 3.45. The number of H-pyrrole nitrogens is 1. The Labute approximate surface area is 103 Å². The van der Waals surface area contributed by atoms with Crippen molar-refractivity contribution in [3.8, 4) is 0 Å². The van der Waals surface area contributed by atoms with E-state index in [4.69, 9.17) is 0 Å². The van der Waals surface area contributed by atoms with Crippen LogP contribution in [0.1, 0.15) is 23.2 Å². The summed E-state index contributed by atoms with van der Waals surface area (Å²) >= 11 is 0. The fourth-order valence-electron chi connectivity index (χ4n) is 1.30. The molecule has 8 heteroatoms. The number of anilines is 1. The molecule has 0 aromatic carbocycles. The van der Waals surface area contributed by atoms with E-state index in [1.807, 2.05) is 6.92 Å². The Balaban J connectivity index is 1.92. The second-order valence-corrected chi connectivity index (χ2v) is 3.45. The first-order valence-corrected chi connectivity index (χ1v) is 5.49. The van der Waals surface area contributed by atoms with Crippen LogP contribution < -0.4 is 10.6 Å². The summed E-state index contributed by atoms with van der Waals surface area (Å²) in [4.78, 5) is 15.6. The van der Waals surface area contributed by atoms with Gasteiger partial charge in [-0.05, 0) is 19.1 Å². The molecule has 0 bridgehead atoms. The van der Waals surface area contributed by atoms with Crippen molar-refractivity contribution in [3.63, 3.8) is 0 Å². The van der Waals surface area contributed by atoms with E-state index in [0.29, 0.717) is 11.6 Å². The summed E-state index contributed by atoms with van der Waals surface area (Å²) < 4.78 is 0. The van der Waals surface area contributed by atoms with Crippen LogP contribution in [-0.4, -0.2) is 37.8 Å². The van der Waals surface area contributed by atoms with Crippen molar-refractivity contribution < 1.29 is 4.79 Å². The lowest BCUT2D eigenvalue weighted by molar-refractivity contribution is 0.0944. The standard InChI is InChI=1S/C10H13N7O/c1-2-11-8-4-3-7(15-17-8)10(18)12-5-9-13-6-14-16-9/h3-4,6H,2,5H2,1H3,(H,11,17)(H,12,18)(H,13,14,16). The summed E-state index contributed by atoms with van der Waals surface area (Å²) in [5, 5.41) is 19.7. The highest BCUT2D eigenvalue weighted by Gasteiger charge is 2.08. The number of aromatic nitrogens is 5. The van der Waals surface area contributed by atoms with Gasteiger partial charge in [-0.3, -0.25) is 9.89 Å². The van der Waals surface area contributed by atoms with Crippen molar-refractivity contribution in [1.82, 2.24) is 30.7 Å². The first kappa shape index (κ1) is 12.0. The van der Waals surface area contributed by atoms with Gasteiger partial charge in [0, 0.05) is 6.54 Å². The Morgan fingerprint density at radius 2 is 2.28 bits per heavy atom. The summed E-state index contributed by atoms with van der Waals surface area (Å²) in [6.07, 6.45) is 1.38. The highest BCUT2D eigenvalue weighted by molar-refractivity contribution is 5.92. The minimum atomic E-state index is -0.304. The van der Waals surface area contributed by atoms with Gasteiger partial charge in [0.2, 0.25) is 0 Å². The molecule has 2 aromatic rings. The monoisotopic (exact) mass is 247 g/mol. The number of nitrogens with one attached hydrogen (secondary N) is 3. The van der Waals surface area contributed by atoms with Crippen LogP contribution >= 0.6 is 0 Å². The predicted octanol–water partition coefficient (Wildman–Crippen LogP) is -0.0435. The zero-order chi connectivity index (χ0) is 12.8. The van der Waals surface area contributed by atoms with Crippen LogP contribution in [0.15, 0.2) is 18.5 Å². The van der Waals surface area contributed by atoms with Gasteiger partial charge < -0.3 is 10.6 Å². The van der Waals surface area contributed by atoms with Crippen molar-refractivity contribution in [2.24, 2.45) is 0 Å². The van der Waals surface area contributed by atoms with Crippen molar-refractivity contribution in [1.29, 1.82) is 0 Å². The second kappa shape index (κ2) is 5.71. The molecule has 8 nitrogen and oxygen atoms in total. The summed E-state index contributed by atoms with van der Waals surface area (Å²) in [7, 11) is 0. The molecule has 0 saturated heterocycles. The fourth-order valence-corrected chi connectivity index (χ4v) is 1.30. The Kier molecular flexibility index (Phi) is 3.79. The summed E-state index contributed by atoms with van der Waals surface area (Å²) in [6, 6.07) is 3.32. The molecule has 18 heavy (non-hydrogen) atoms. The smallest absolute Gasteiger partial charge is 0.272 e. The largest absolute Gasteiger partial charge is 0.369 e. The number of hydrogen-bond acceptors (Lipinski definition) is 6. The number of aromatic amines is 1. The van der Waals surface area contributed by atoms with E-state index in [1.54, 1.807) is 12.1 Å². The Morgan fingerprint density at radius 3 is 2.89 bits per heavy atom. The van der Waals surface area contributed by atoms with Gasteiger partial charge in [-0.1, -0.05) is 0 Å². The van der Waals surface area contributed by atoms with Gasteiger partial charge in [0.1, 0.15) is 18.0 Å². The minimum absolute atomic E-state index is 0.260. The van der Waals surface area contributed by atoms with Crippen molar-refractivity contribution in [2.45, 2.75) is 13.5 Å². The molecule has 2 heterocycles. The lowest BCUT2D eigenvalue weighted by Gasteiger charge is -2.03. The quantitative estimate of drug-likeness (QED) is 0.684. The van der Waals surface area contributed by atoms with Gasteiger partial charge in [-0.15, -0.1) is 10.2 Å². The molecule has 0 unspecified atom stereocenters. The van der Waals surface area contributed by atoms with Gasteiger partial charge in [0.15, 0.2) is 5.69 Å². The molecule has 0 spiro atoms. The molecule has 2 rings (SSSR count). The summed E-state index contributed by atoms with van der Waals surface area (Å²) in [5.41, 5.74) is 0.260. The van der Waals surface area contributed by atoms with Gasteiger partial charge in [-0.2, -0.15) is 5.10 Å². The van der Waals surface area contributed by atoms with E-state index in [-0.39, 0.29) is 18.1 Å². The van der Waals surface area contributed by atoms with Crippen LogP contribution in [0.4, 0.5) is 5.82 Å². The predicted molar refractivity (Wildman–Crippen MR) is 63.7 cm³/mol. The number of carbonyl (C=O) groups is 1. The third-order valence-corrected chi connectivity index (χ3v) is 2.14. The topological polar surface area (TPSA) is 108 Å². The van der Waals surface area contributed by atoms with Crippen molar-refractivity contribution >= 4 is 11.7 Å². The number of nitrogens with zero attached hydrogens (tertiary/aromatic N) is 4. The summed E-state index contributed by atoms with van der Waals surface area (Å²) in [5.74, 6) is 0.923. The Morgan fingerprint density at radius 1 is 1.39 bits per heavy atom. The van der Waals surface area contributed by atoms with E-state index >= 15 is 0 Å². The van der Waals surface area contributed by atoms with Gasteiger partial charge in [0.25, 0.3) is 5.91 Å². The number of rotatable bonds is 5. The maximum Gasteiger partial charge on any atom is 0.272 e.